The van der Waals surface area contributed by atoms with Crippen molar-refractivity contribution in [2.24, 2.45) is 0 Å². The Morgan fingerprint density at radius 2 is 2.00 bits per heavy atom. The number of hydrogen-bond donors (Lipinski definition) is 2. The lowest BCUT2D eigenvalue weighted by Crippen LogP contribution is -2.30. The molecule has 0 aromatic heterocycles. The SMILES string of the molecule is N#CCNC(=O)CNc1c(Cl)cc(F)cc1Cl. The third kappa shape index (κ3) is 4.10. The number of hydrogen-bond acceptors (Lipinski definition) is 3. The molecule has 0 aliphatic rings. The molecule has 0 radical (unpaired) electrons. The molecule has 0 unspecified atom stereocenters. The number of benzene rings is 1. The molecule has 17 heavy (non-hydrogen) atoms. The van der Waals surface area contributed by atoms with Crippen LogP contribution in [0.5, 0.6) is 0 Å². The monoisotopic (exact) mass is 275 g/mol. The Hall–Kier alpha value is -1.51. The normalized spacial score (nSPS) is 9.53. The molecule has 90 valence electrons. The molecule has 0 saturated carbocycles. The van der Waals surface area contributed by atoms with Gasteiger partial charge in [-0.15, -0.1) is 0 Å². The predicted molar refractivity (Wildman–Crippen MR) is 63.5 cm³/mol. The van der Waals surface area contributed by atoms with E-state index in [1.54, 1.807) is 6.07 Å². The van der Waals surface area contributed by atoms with Crippen LogP contribution < -0.4 is 10.6 Å². The highest BCUT2D eigenvalue weighted by Crippen LogP contribution is 2.30. The molecule has 1 rings (SSSR count). The first-order valence-corrected chi connectivity index (χ1v) is 5.32. The number of amides is 1. The van der Waals surface area contributed by atoms with Crippen LogP contribution in [-0.2, 0) is 4.79 Å². The Balaban J connectivity index is 2.64. The van der Waals surface area contributed by atoms with E-state index in [2.05, 4.69) is 10.6 Å². The van der Waals surface area contributed by atoms with Crippen LogP contribution >= 0.6 is 23.2 Å². The van der Waals surface area contributed by atoms with Gasteiger partial charge in [0.15, 0.2) is 0 Å². The van der Waals surface area contributed by atoms with Crippen LogP contribution in [0.15, 0.2) is 12.1 Å². The van der Waals surface area contributed by atoms with E-state index in [4.69, 9.17) is 28.5 Å². The average Bonchev–Trinajstić information content (AvgIpc) is 2.24. The summed E-state index contributed by atoms with van der Waals surface area (Å²) in [5.74, 6) is -0.942. The van der Waals surface area contributed by atoms with Gasteiger partial charge < -0.3 is 10.6 Å². The van der Waals surface area contributed by atoms with Gasteiger partial charge in [-0.05, 0) is 12.1 Å². The maximum Gasteiger partial charge on any atom is 0.240 e. The smallest absolute Gasteiger partial charge is 0.240 e. The fourth-order valence-electron chi connectivity index (χ4n) is 1.08. The Morgan fingerprint density at radius 1 is 1.41 bits per heavy atom. The predicted octanol–water partition coefficient (Wildman–Crippen LogP) is 2.18. The van der Waals surface area contributed by atoms with Gasteiger partial charge in [0, 0.05) is 0 Å². The molecular formula is C10H8Cl2FN3O. The van der Waals surface area contributed by atoms with Crippen molar-refractivity contribution in [3.8, 4) is 6.07 Å². The van der Waals surface area contributed by atoms with Gasteiger partial charge >= 0.3 is 0 Å². The summed E-state index contributed by atoms with van der Waals surface area (Å²) in [5.41, 5.74) is 0.279. The second-order valence-electron chi connectivity index (χ2n) is 3.03. The van der Waals surface area contributed by atoms with Crippen molar-refractivity contribution in [2.75, 3.05) is 18.4 Å². The van der Waals surface area contributed by atoms with Crippen molar-refractivity contribution >= 4 is 34.8 Å². The van der Waals surface area contributed by atoms with Gasteiger partial charge in [-0.25, -0.2) is 4.39 Å². The maximum atomic E-state index is 12.9. The van der Waals surface area contributed by atoms with E-state index in [1.807, 2.05) is 0 Å². The van der Waals surface area contributed by atoms with E-state index in [0.29, 0.717) is 0 Å². The second kappa shape index (κ2) is 6.28. The molecule has 0 bridgehead atoms. The average molecular weight is 276 g/mol. The Kier molecular flexibility index (Phi) is 5.01. The lowest BCUT2D eigenvalue weighted by Gasteiger charge is -2.09. The molecule has 0 atom stereocenters. The number of halogens is 3. The minimum atomic E-state index is -0.556. The molecule has 0 fully saturated rings. The van der Waals surface area contributed by atoms with Crippen molar-refractivity contribution in [3.05, 3.63) is 28.0 Å². The van der Waals surface area contributed by atoms with Gasteiger partial charge in [0.2, 0.25) is 5.91 Å². The Bertz CT molecular complexity index is 450. The minimum absolute atomic E-state index is 0.0780. The zero-order valence-electron chi connectivity index (χ0n) is 8.56. The van der Waals surface area contributed by atoms with Gasteiger partial charge in [0.1, 0.15) is 12.4 Å². The summed E-state index contributed by atoms with van der Waals surface area (Å²) in [6.07, 6.45) is 0. The molecule has 0 aliphatic carbocycles. The highest BCUT2D eigenvalue weighted by atomic mass is 35.5. The topological polar surface area (TPSA) is 64.9 Å². The summed E-state index contributed by atoms with van der Waals surface area (Å²) in [5, 5.41) is 13.4. The highest BCUT2D eigenvalue weighted by Gasteiger charge is 2.09. The van der Waals surface area contributed by atoms with Crippen molar-refractivity contribution in [1.29, 1.82) is 5.26 Å². The number of carbonyl (C=O) groups is 1. The van der Waals surface area contributed by atoms with Crippen molar-refractivity contribution in [3.63, 3.8) is 0 Å². The van der Waals surface area contributed by atoms with Gasteiger partial charge in [0.05, 0.1) is 28.3 Å². The Labute approximate surface area is 107 Å². The summed E-state index contributed by atoms with van der Waals surface area (Å²) >= 11 is 11.5. The van der Waals surface area contributed by atoms with E-state index in [1.165, 1.54) is 0 Å². The fraction of sp³-hybridized carbons (Fsp3) is 0.200. The zero-order valence-corrected chi connectivity index (χ0v) is 10.1. The Morgan fingerprint density at radius 3 is 2.53 bits per heavy atom. The first kappa shape index (κ1) is 13.6. The molecule has 0 spiro atoms. The number of nitriles is 1. The van der Waals surface area contributed by atoms with E-state index < -0.39 is 5.82 Å². The molecule has 4 nitrogen and oxygen atoms in total. The molecule has 7 heteroatoms. The second-order valence-corrected chi connectivity index (χ2v) is 3.85. The molecule has 0 saturated heterocycles. The molecule has 0 aliphatic heterocycles. The van der Waals surface area contributed by atoms with Crippen LogP contribution in [0.4, 0.5) is 10.1 Å². The molecule has 0 heterocycles. The quantitative estimate of drug-likeness (QED) is 0.828. The number of nitrogens with one attached hydrogen (secondary N) is 2. The third-order valence-electron chi connectivity index (χ3n) is 1.80. The lowest BCUT2D eigenvalue weighted by molar-refractivity contribution is -0.119. The molecule has 1 aromatic rings. The van der Waals surface area contributed by atoms with Gasteiger partial charge in [0.25, 0.3) is 0 Å². The van der Waals surface area contributed by atoms with Crippen LogP contribution in [-0.4, -0.2) is 19.0 Å². The van der Waals surface area contributed by atoms with Crippen LogP contribution in [0.3, 0.4) is 0 Å². The number of anilines is 1. The van der Waals surface area contributed by atoms with Crippen LogP contribution in [0.2, 0.25) is 10.0 Å². The highest BCUT2D eigenvalue weighted by molar-refractivity contribution is 6.39. The summed E-state index contributed by atoms with van der Waals surface area (Å²) < 4.78 is 12.9. The maximum absolute atomic E-state index is 12.9. The van der Waals surface area contributed by atoms with Crippen LogP contribution in [0, 0.1) is 17.1 Å². The molecular weight excluding hydrogens is 268 g/mol. The van der Waals surface area contributed by atoms with Crippen molar-refractivity contribution in [2.45, 2.75) is 0 Å². The standard InChI is InChI=1S/C10H8Cl2FN3O/c11-7-3-6(13)4-8(12)10(7)16-5-9(17)15-2-1-14/h3-4,16H,2,5H2,(H,15,17). The number of nitrogens with zero attached hydrogens (tertiary/aromatic N) is 1. The summed E-state index contributed by atoms with van der Waals surface area (Å²) in [4.78, 5) is 11.2. The van der Waals surface area contributed by atoms with Gasteiger partial charge in [-0.2, -0.15) is 5.26 Å². The third-order valence-corrected chi connectivity index (χ3v) is 2.39. The van der Waals surface area contributed by atoms with Gasteiger partial charge in [-0.3, -0.25) is 4.79 Å². The van der Waals surface area contributed by atoms with Gasteiger partial charge in [-0.1, -0.05) is 23.2 Å². The summed E-state index contributed by atoms with van der Waals surface area (Å²) in [6, 6.07) is 3.94. The molecule has 1 amide bonds. The van der Waals surface area contributed by atoms with E-state index in [9.17, 15) is 9.18 Å². The van der Waals surface area contributed by atoms with E-state index in [-0.39, 0.29) is 34.7 Å². The van der Waals surface area contributed by atoms with Crippen molar-refractivity contribution < 1.29 is 9.18 Å². The zero-order chi connectivity index (χ0) is 12.8. The number of rotatable bonds is 4. The van der Waals surface area contributed by atoms with Crippen molar-refractivity contribution in [1.82, 2.24) is 5.32 Å². The first-order valence-electron chi connectivity index (χ1n) is 4.56. The molecule has 2 N–H and O–H groups in total. The first-order chi connectivity index (χ1) is 8.04. The van der Waals surface area contributed by atoms with Crippen LogP contribution in [0.1, 0.15) is 0 Å². The lowest BCUT2D eigenvalue weighted by atomic mass is 10.3. The molecule has 1 aromatic carbocycles. The summed E-state index contributed by atoms with van der Waals surface area (Å²) in [7, 11) is 0. The van der Waals surface area contributed by atoms with E-state index >= 15 is 0 Å². The summed E-state index contributed by atoms with van der Waals surface area (Å²) in [6.45, 7) is -0.182. The van der Waals surface area contributed by atoms with Crippen LogP contribution in [0.25, 0.3) is 0 Å². The van der Waals surface area contributed by atoms with E-state index in [0.717, 1.165) is 12.1 Å². The fourth-order valence-corrected chi connectivity index (χ4v) is 1.67. The number of carbonyl (C=O) groups excluding carboxylic acids is 1. The minimum Gasteiger partial charge on any atom is -0.374 e. The largest absolute Gasteiger partial charge is 0.374 e.